The fourth-order valence-corrected chi connectivity index (χ4v) is 2.49. The SMILES string of the molecule is CC(C)(C)OC(=O)N[C@@H]1Cc2ccccc2C1C(=O)O. The summed E-state index contributed by atoms with van der Waals surface area (Å²) in [6.45, 7) is 5.31. The summed E-state index contributed by atoms with van der Waals surface area (Å²) in [7, 11) is 0. The van der Waals surface area contributed by atoms with Crippen LogP contribution in [0.25, 0.3) is 0 Å². The predicted molar refractivity (Wildman–Crippen MR) is 73.7 cm³/mol. The van der Waals surface area contributed by atoms with E-state index in [9.17, 15) is 14.7 Å². The van der Waals surface area contributed by atoms with Crippen LogP contribution in [0.2, 0.25) is 0 Å². The normalized spacial score (nSPS) is 21.1. The number of fused-ring (bicyclic) bond motifs is 1. The predicted octanol–water partition coefficient (Wildman–Crippen LogP) is 2.30. The second-order valence-corrected chi connectivity index (χ2v) is 5.97. The minimum atomic E-state index is -0.934. The van der Waals surface area contributed by atoms with E-state index in [1.807, 2.05) is 18.2 Å². The van der Waals surface area contributed by atoms with Gasteiger partial charge >= 0.3 is 12.1 Å². The smallest absolute Gasteiger partial charge is 0.407 e. The zero-order valence-corrected chi connectivity index (χ0v) is 11.8. The number of rotatable bonds is 2. The number of amides is 1. The molecule has 0 fully saturated rings. The molecule has 0 spiro atoms. The molecule has 0 saturated carbocycles. The number of hydrogen-bond donors (Lipinski definition) is 2. The molecule has 1 aromatic carbocycles. The number of carboxylic acids is 1. The van der Waals surface area contributed by atoms with E-state index < -0.39 is 29.6 Å². The molecule has 2 atom stereocenters. The molecular weight excluding hydrogens is 258 g/mol. The summed E-state index contributed by atoms with van der Waals surface area (Å²) < 4.78 is 5.18. The van der Waals surface area contributed by atoms with Crippen molar-refractivity contribution >= 4 is 12.1 Å². The molecule has 1 unspecified atom stereocenters. The molecule has 1 aromatic rings. The van der Waals surface area contributed by atoms with E-state index >= 15 is 0 Å². The summed E-state index contributed by atoms with van der Waals surface area (Å²) in [4.78, 5) is 23.3. The third-order valence-corrected chi connectivity index (χ3v) is 3.20. The van der Waals surface area contributed by atoms with Gasteiger partial charge in [-0.15, -0.1) is 0 Å². The number of ether oxygens (including phenoxy) is 1. The number of aliphatic carboxylic acids is 1. The first-order chi connectivity index (χ1) is 9.28. The lowest BCUT2D eigenvalue weighted by atomic mass is 9.99. The van der Waals surface area contributed by atoms with Crippen molar-refractivity contribution in [1.82, 2.24) is 5.32 Å². The largest absolute Gasteiger partial charge is 0.481 e. The maximum Gasteiger partial charge on any atom is 0.407 e. The molecule has 5 nitrogen and oxygen atoms in total. The molecule has 108 valence electrons. The third-order valence-electron chi connectivity index (χ3n) is 3.20. The number of hydrogen-bond acceptors (Lipinski definition) is 3. The van der Waals surface area contributed by atoms with Crippen LogP contribution >= 0.6 is 0 Å². The first kappa shape index (κ1) is 14.4. The Morgan fingerprint density at radius 1 is 1.30 bits per heavy atom. The summed E-state index contributed by atoms with van der Waals surface area (Å²) in [6.07, 6.45) is -0.0756. The zero-order valence-electron chi connectivity index (χ0n) is 11.8. The number of carbonyl (C=O) groups is 2. The lowest BCUT2D eigenvalue weighted by molar-refractivity contribution is -0.139. The first-order valence-electron chi connectivity index (χ1n) is 6.58. The van der Waals surface area contributed by atoms with Crippen molar-refractivity contribution in [2.24, 2.45) is 0 Å². The Balaban J connectivity index is 2.14. The minimum absolute atomic E-state index is 0.472. The zero-order chi connectivity index (χ0) is 14.9. The highest BCUT2D eigenvalue weighted by Crippen LogP contribution is 2.33. The standard InChI is InChI=1S/C15H19NO4/c1-15(2,3)20-14(19)16-11-8-9-6-4-5-7-10(9)12(11)13(17)18/h4-7,11-12H,8H2,1-3H3,(H,16,19)(H,17,18)/t11-,12?/m1/s1. The average Bonchev–Trinajstić information content (AvgIpc) is 2.63. The number of carbonyl (C=O) groups excluding carboxylic acids is 1. The number of benzene rings is 1. The van der Waals surface area contributed by atoms with Crippen LogP contribution in [0.4, 0.5) is 4.79 Å². The van der Waals surface area contributed by atoms with E-state index in [2.05, 4.69) is 5.32 Å². The summed E-state index contributed by atoms with van der Waals surface area (Å²) in [5, 5.41) is 12.1. The lowest BCUT2D eigenvalue weighted by Gasteiger charge is -2.23. The molecule has 2 N–H and O–H groups in total. The van der Waals surface area contributed by atoms with Gasteiger partial charge in [0.2, 0.25) is 0 Å². The van der Waals surface area contributed by atoms with E-state index in [4.69, 9.17) is 4.74 Å². The van der Waals surface area contributed by atoms with Crippen LogP contribution in [0, 0.1) is 0 Å². The molecule has 5 heteroatoms. The minimum Gasteiger partial charge on any atom is -0.481 e. The Bertz CT molecular complexity index is 533. The Hall–Kier alpha value is -2.04. The van der Waals surface area contributed by atoms with Gasteiger partial charge in [-0.3, -0.25) is 4.79 Å². The lowest BCUT2D eigenvalue weighted by Crippen LogP contribution is -2.43. The highest BCUT2D eigenvalue weighted by atomic mass is 16.6. The number of alkyl carbamates (subject to hydrolysis) is 1. The van der Waals surface area contributed by atoms with Gasteiger partial charge in [-0.1, -0.05) is 24.3 Å². The van der Waals surface area contributed by atoms with Gasteiger partial charge in [0.25, 0.3) is 0 Å². The van der Waals surface area contributed by atoms with Gasteiger partial charge in [0.1, 0.15) is 11.5 Å². The van der Waals surface area contributed by atoms with Gasteiger partial charge in [-0.25, -0.2) is 4.79 Å². The first-order valence-corrected chi connectivity index (χ1v) is 6.58. The van der Waals surface area contributed by atoms with Crippen LogP contribution in [0.1, 0.15) is 37.8 Å². The van der Waals surface area contributed by atoms with E-state index in [-0.39, 0.29) is 0 Å². The Labute approximate surface area is 117 Å². The second kappa shape index (κ2) is 5.15. The highest BCUT2D eigenvalue weighted by Gasteiger charge is 2.38. The maximum atomic E-state index is 11.8. The molecule has 0 saturated heterocycles. The van der Waals surface area contributed by atoms with Crippen LogP contribution in [0.5, 0.6) is 0 Å². The van der Waals surface area contributed by atoms with Crippen molar-refractivity contribution in [1.29, 1.82) is 0 Å². The molecule has 1 aliphatic rings. The summed E-state index contributed by atoms with van der Waals surface area (Å²) >= 11 is 0. The molecule has 0 radical (unpaired) electrons. The molecule has 0 bridgehead atoms. The molecular formula is C15H19NO4. The van der Waals surface area contributed by atoms with Gasteiger partial charge < -0.3 is 15.2 Å². The van der Waals surface area contributed by atoms with Crippen LogP contribution in [-0.4, -0.2) is 28.8 Å². The Kier molecular flexibility index (Phi) is 3.70. The van der Waals surface area contributed by atoms with Gasteiger partial charge in [0, 0.05) is 0 Å². The second-order valence-electron chi connectivity index (χ2n) is 5.97. The fourth-order valence-electron chi connectivity index (χ4n) is 2.49. The molecule has 0 aromatic heterocycles. The summed E-state index contributed by atoms with van der Waals surface area (Å²) in [6, 6.07) is 6.89. The van der Waals surface area contributed by atoms with E-state index in [1.54, 1.807) is 26.8 Å². The van der Waals surface area contributed by atoms with Crippen molar-refractivity contribution in [3.8, 4) is 0 Å². The van der Waals surface area contributed by atoms with Gasteiger partial charge in [-0.2, -0.15) is 0 Å². The van der Waals surface area contributed by atoms with Crippen molar-refractivity contribution in [3.63, 3.8) is 0 Å². The highest BCUT2D eigenvalue weighted by molar-refractivity contribution is 5.80. The average molecular weight is 277 g/mol. The summed E-state index contributed by atoms with van der Waals surface area (Å²) in [5.74, 6) is -1.66. The third kappa shape index (κ3) is 3.10. The molecule has 1 aliphatic carbocycles. The summed E-state index contributed by atoms with van der Waals surface area (Å²) in [5.41, 5.74) is 1.12. The number of nitrogens with one attached hydrogen (secondary N) is 1. The number of carboxylic acid groups (broad SMARTS) is 1. The Morgan fingerprint density at radius 3 is 2.55 bits per heavy atom. The van der Waals surface area contributed by atoms with Crippen molar-refractivity contribution in [3.05, 3.63) is 35.4 Å². The van der Waals surface area contributed by atoms with Crippen LogP contribution in [-0.2, 0) is 16.0 Å². The maximum absolute atomic E-state index is 11.8. The quantitative estimate of drug-likeness (QED) is 0.869. The fraction of sp³-hybridized carbons (Fsp3) is 0.467. The van der Waals surface area contributed by atoms with Crippen molar-refractivity contribution in [2.45, 2.75) is 44.8 Å². The van der Waals surface area contributed by atoms with Gasteiger partial charge in [0.05, 0.1) is 6.04 Å². The topological polar surface area (TPSA) is 75.6 Å². The van der Waals surface area contributed by atoms with E-state index in [0.717, 1.165) is 11.1 Å². The van der Waals surface area contributed by atoms with Crippen molar-refractivity contribution < 1.29 is 19.4 Å². The van der Waals surface area contributed by atoms with Crippen LogP contribution < -0.4 is 5.32 Å². The Morgan fingerprint density at radius 2 is 1.95 bits per heavy atom. The van der Waals surface area contributed by atoms with Gasteiger partial charge in [0.15, 0.2) is 0 Å². The molecule has 2 rings (SSSR count). The molecule has 0 aliphatic heterocycles. The van der Waals surface area contributed by atoms with Gasteiger partial charge in [-0.05, 0) is 38.3 Å². The van der Waals surface area contributed by atoms with Crippen molar-refractivity contribution in [2.75, 3.05) is 0 Å². The monoisotopic (exact) mass is 277 g/mol. The van der Waals surface area contributed by atoms with Crippen LogP contribution in [0.15, 0.2) is 24.3 Å². The molecule has 20 heavy (non-hydrogen) atoms. The van der Waals surface area contributed by atoms with E-state index in [0.29, 0.717) is 6.42 Å². The molecule has 1 amide bonds. The van der Waals surface area contributed by atoms with Crippen LogP contribution in [0.3, 0.4) is 0 Å². The molecule has 0 heterocycles. The van der Waals surface area contributed by atoms with E-state index in [1.165, 1.54) is 0 Å².